The second kappa shape index (κ2) is 5.10. The fourth-order valence-corrected chi connectivity index (χ4v) is 4.44. The fourth-order valence-electron chi connectivity index (χ4n) is 4.44. The van der Waals surface area contributed by atoms with Crippen LogP contribution in [0.5, 0.6) is 0 Å². The van der Waals surface area contributed by atoms with Gasteiger partial charge in [-0.25, -0.2) is 0 Å². The van der Waals surface area contributed by atoms with Crippen molar-refractivity contribution in [3.63, 3.8) is 0 Å². The third-order valence-corrected chi connectivity index (χ3v) is 5.57. The first-order valence-electron chi connectivity index (χ1n) is 7.76. The van der Waals surface area contributed by atoms with E-state index in [0.717, 1.165) is 37.5 Å². The van der Waals surface area contributed by atoms with Crippen LogP contribution in [-0.2, 0) is 4.74 Å². The molecule has 1 saturated heterocycles. The van der Waals surface area contributed by atoms with Crippen molar-refractivity contribution in [3.05, 3.63) is 0 Å². The Bertz CT molecular complexity index is 294. The Labute approximate surface area is 111 Å². The highest BCUT2D eigenvalue weighted by Gasteiger charge is 2.44. The van der Waals surface area contributed by atoms with Crippen molar-refractivity contribution in [2.24, 2.45) is 23.5 Å². The molecule has 5 atom stereocenters. The second-order valence-corrected chi connectivity index (χ2v) is 6.91. The van der Waals surface area contributed by atoms with Gasteiger partial charge in [-0.2, -0.15) is 0 Å². The van der Waals surface area contributed by atoms with Crippen LogP contribution in [0, 0.1) is 17.8 Å². The molecule has 2 N–H and O–H groups in total. The fraction of sp³-hybridized carbons (Fsp3) is 1.00. The quantitative estimate of drug-likeness (QED) is 0.833. The zero-order valence-electron chi connectivity index (χ0n) is 11.8. The Morgan fingerprint density at radius 2 is 2.06 bits per heavy atom. The van der Waals surface area contributed by atoms with E-state index in [1.54, 1.807) is 0 Å². The zero-order chi connectivity index (χ0) is 12.7. The molecule has 3 nitrogen and oxygen atoms in total. The van der Waals surface area contributed by atoms with Crippen molar-refractivity contribution in [1.29, 1.82) is 0 Å². The Hall–Kier alpha value is -0.120. The van der Waals surface area contributed by atoms with Crippen molar-refractivity contribution in [1.82, 2.24) is 4.90 Å². The van der Waals surface area contributed by atoms with Gasteiger partial charge in [0.15, 0.2) is 0 Å². The average Bonchev–Trinajstić information content (AvgIpc) is 3.00. The number of rotatable bonds is 3. The third-order valence-electron chi connectivity index (χ3n) is 5.57. The van der Waals surface area contributed by atoms with Crippen LogP contribution in [0.3, 0.4) is 0 Å². The molecule has 1 aliphatic heterocycles. The van der Waals surface area contributed by atoms with Gasteiger partial charge < -0.3 is 10.5 Å². The summed E-state index contributed by atoms with van der Waals surface area (Å²) in [5.41, 5.74) is 6.55. The number of hydrogen-bond acceptors (Lipinski definition) is 3. The summed E-state index contributed by atoms with van der Waals surface area (Å²) in [6.07, 6.45) is 5.96. The van der Waals surface area contributed by atoms with Crippen LogP contribution < -0.4 is 5.73 Å². The molecule has 0 aromatic rings. The van der Waals surface area contributed by atoms with Gasteiger partial charge in [0.1, 0.15) is 0 Å². The van der Waals surface area contributed by atoms with Crippen LogP contribution in [0.4, 0.5) is 0 Å². The van der Waals surface area contributed by atoms with Gasteiger partial charge in [-0.15, -0.1) is 0 Å². The standard InChI is InChI=1S/C15H28N2O/c1-10(2)17-5-6-18-14(9-17)15(16)13-8-11-3-4-12(13)7-11/h10-15H,3-9,16H2,1-2H3. The molecule has 0 amide bonds. The number of nitrogens with two attached hydrogens (primary N) is 1. The predicted octanol–water partition coefficient (Wildman–Crippen LogP) is 1.86. The Morgan fingerprint density at radius 3 is 2.67 bits per heavy atom. The summed E-state index contributed by atoms with van der Waals surface area (Å²) in [6, 6.07) is 0.880. The van der Waals surface area contributed by atoms with Crippen molar-refractivity contribution < 1.29 is 4.74 Å². The molecular weight excluding hydrogens is 224 g/mol. The van der Waals surface area contributed by atoms with Crippen molar-refractivity contribution in [2.45, 2.75) is 57.7 Å². The summed E-state index contributed by atoms with van der Waals surface area (Å²) in [5.74, 6) is 2.62. The van der Waals surface area contributed by atoms with E-state index >= 15 is 0 Å². The highest BCUT2D eigenvalue weighted by Crippen LogP contribution is 2.49. The Kier molecular flexibility index (Phi) is 3.65. The molecule has 3 heteroatoms. The minimum absolute atomic E-state index is 0.266. The molecule has 2 saturated carbocycles. The number of fused-ring (bicyclic) bond motifs is 2. The minimum Gasteiger partial charge on any atom is -0.374 e. The SMILES string of the molecule is CC(C)N1CCOC(C(N)C2CC3CCC2C3)C1. The van der Waals surface area contributed by atoms with Gasteiger partial charge in [-0.1, -0.05) is 6.42 Å². The lowest BCUT2D eigenvalue weighted by molar-refractivity contribution is -0.0616. The number of morpholine rings is 1. The molecule has 0 spiro atoms. The molecule has 3 fully saturated rings. The van der Waals surface area contributed by atoms with Crippen LogP contribution in [-0.4, -0.2) is 42.8 Å². The second-order valence-electron chi connectivity index (χ2n) is 6.91. The lowest BCUT2D eigenvalue weighted by atomic mass is 9.81. The van der Waals surface area contributed by atoms with E-state index < -0.39 is 0 Å². The number of nitrogens with zero attached hydrogens (tertiary/aromatic N) is 1. The van der Waals surface area contributed by atoms with Gasteiger partial charge in [0.25, 0.3) is 0 Å². The van der Waals surface area contributed by atoms with Crippen molar-refractivity contribution in [2.75, 3.05) is 19.7 Å². The molecule has 5 unspecified atom stereocenters. The van der Waals surface area contributed by atoms with E-state index in [1.165, 1.54) is 25.7 Å². The van der Waals surface area contributed by atoms with Crippen molar-refractivity contribution >= 4 is 0 Å². The van der Waals surface area contributed by atoms with Gasteiger partial charge in [-0.3, -0.25) is 4.90 Å². The first-order chi connectivity index (χ1) is 8.65. The molecule has 104 valence electrons. The summed E-state index contributed by atoms with van der Waals surface area (Å²) < 4.78 is 5.97. The van der Waals surface area contributed by atoms with Crippen molar-refractivity contribution in [3.8, 4) is 0 Å². The summed E-state index contributed by atoms with van der Waals surface area (Å²) in [7, 11) is 0. The molecule has 18 heavy (non-hydrogen) atoms. The Balaban J connectivity index is 1.60. The van der Waals surface area contributed by atoms with E-state index in [-0.39, 0.29) is 12.1 Å². The van der Waals surface area contributed by atoms with E-state index in [1.807, 2.05) is 0 Å². The number of hydrogen-bond donors (Lipinski definition) is 1. The summed E-state index contributed by atoms with van der Waals surface area (Å²) in [6.45, 7) is 7.50. The summed E-state index contributed by atoms with van der Waals surface area (Å²) >= 11 is 0. The summed E-state index contributed by atoms with van der Waals surface area (Å²) in [5, 5.41) is 0. The highest BCUT2D eigenvalue weighted by molar-refractivity contribution is 4.98. The maximum atomic E-state index is 6.55. The lowest BCUT2D eigenvalue weighted by Gasteiger charge is -2.41. The first-order valence-corrected chi connectivity index (χ1v) is 7.76. The number of ether oxygens (including phenoxy) is 1. The van der Waals surface area contributed by atoms with Gasteiger partial charge >= 0.3 is 0 Å². The Morgan fingerprint density at radius 1 is 1.22 bits per heavy atom. The van der Waals surface area contributed by atoms with Gasteiger partial charge in [0.2, 0.25) is 0 Å². The molecule has 0 aromatic heterocycles. The van der Waals surface area contributed by atoms with Crippen LogP contribution in [0.15, 0.2) is 0 Å². The molecule has 3 aliphatic rings. The molecule has 0 aromatic carbocycles. The average molecular weight is 252 g/mol. The zero-order valence-corrected chi connectivity index (χ0v) is 11.8. The van der Waals surface area contributed by atoms with Crippen LogP contribution >= 0.6 is 0 Å². The highest BCUT2D eigenvalue weighted by atomic mass is 16.5. The predicted molar refractivity (Wildman–Crippen MR) is 73.4 cm³/mol. The first kappa shape index (κ1) is 12.9. The van der Waals surface area contributed by atoms with Crippen LogP contribution in [0.1, 0.15) is 39.5 Å². The summed E-state index contributed by atoms with van der Waals surface area (Å²) in [4.78, 5) is 2.52. The molecular formula is C15H28N2O. The van der Waals surface area contributed by atoms with E-state index in [4.69, 9.17) is 10.5 Å². The molecule has 0 radical (unpaired) electrons. The van der Waals surface area contributed by atoms with E-state index in [9.17, 15) is 0 Å². The molecule has 1 heterocycles. The van der Waals surface area contributed by atoms with Gasteiger partial charge in [0.05, 0.1) is 12.7 Å². The minimum atomic E-state index is 0.266. The maximum absolute atomic E-state index is 6.55. The smallest absolute Gasteiger partial charge is 0.0856 e. The largest absolute Gasteiger partial charge is 0.374 e. The lowest BCUT2D eigenvalue weighted by Crippen LogP contribution is -2.55. The van der Waals surface area contributed by atoms with Gasteiger partial charge in [-0.05, 0) is 50.9 Å². The maximum Gasteiger partial charge on any atom is 0.0856 e. The topological polar surface area (TPSA) is 38.5 Å². The van der Waals surface area contributed by atoms with Crippen LogP contribution in [0.25, 0.3) is 0 Å². The molecule has 2 aliphatic carbocycles. The van der Waals surface area contributed by atoms with Gasteiger partial charge in [0, 0.05) is 25.2 Å². The normalized spacial score (nSPS) is 42.7. The molecule has 3 rings (SSSR count). The van der Waals surface area contributed by atoms with E-state index in [0.29, 0.717) is 6.04 Å². The molecule has 2 bridgehead atoms. The monoisotopic (exact) mass is 252 g/mol. The van der Waals surface area contributed by atoms with E-state index in [2.05, 4.69) is 18.7 Å². The third kappa shape index (κ3) is 2.33. The van der Waals surface area contributed by atoms with Crippen LogP contribution in [0.2, 0.25) is 0 Å².